The molecule has 0 unspecified atom stereocenters. The molecule has 3 rings (SSSR count). The maximum absolute atomic E-state index is 5.98. The van der Waals surface area contributed by atoms with Crippen molar-refractivity contribution in [2.45, 2.75) is 19.8 Å². The van der Waals surface area contributed by atoms with Gasteiger partial charge in [-0.2, -0.15) is 5.10 Å². The Morgan fingerprint density at radius 3 is 2.75 bits per heavy atom. The van der Waals surface area contributed by atoms with E-state index in [-0.39, 0.29) is 0 Å². The number of hydrogen-bond acceptors (Lipinski definition) is 5. The molecule has 4 nitrogen and oxygen atoms in total. The number of benzene rings is 1. The molecule has 0 radical (unpaired) electrons. The fourth-order valence-corrected chi connectivity index (χ4v) is 3.40. The van der Waals surface area contributed by atoms with Gasteiger partial charge in [-0.05, 0) is 30.7 Å². The minimum atomic E-state index is 0.726. The SMILES string of the molecule is CCCc1sc(N/N=C/c2ccccn2)nc1-c1ccc(Cl)cc1. The van der Waals surface area contributed by atoms with Crippen LogP contribution in [-0.2, 0) is 6.42 Å². The van der Waals surface area contributed by atoms with Crippen molar-refractivity contribution in [3.8, 4) is 11.3 Å². The van der Waals surface area contributed by atoms with Gasteiger partial charge in [0.1, 0.15) is 0 Å². The molecule has 0 fully saturated rings. The maximum atomic E-state index is 5.98. The number of anilines is 1. The highest BCUT2D eigenvalue weighted by Crippen LogP contribution is 2.32. The third-order valence-corrected chi connectivity index (χ3v) is 4.61. The fraction of sp³-hybridized carbons (Fsp3) is 0.167. The van der Waals surface area contributed by atoms with Crippen LogP contribution in [0.15, 0.2) is 53.8 Å². The molecule has 1 aromatic carbocycles. The third kappa shape index (κ3) is 4.19. The molecule has 0 atom stereocenters. The Morgan fingerprint density at radius 2 is 2.04 bits per heavy atom. The van der Waals surface area contributed by atoms with Crippen molar-refractivity contribution in [2.75, 3.05) is 5.43 Å². The van der Waals surface area contributed by atoms with E-state index in [4.69, 9.17) is 16.6 Å². The van der Waals surface area contributed by atoms with Crippen molar-refractivity contribution >= 4 is 34.3 Å². The van der Waals surface area contributed by atoms with Crippen LogP contribution >= 0.6 is 22.9 Å². The first-order valence-electron chi connectivity index (χ1n) is 7.72. The summed E-state index contributed by atoms with van der Waals surface area (Å²) in [5, 5.41) is 5.72. The lowest BCUT2D eigenvalue weighted by Gasteiger charge is -2.01. The predicted molar refractivity (Wildman–Crippen MR) is 102 cm³/mol. The van der Waals surface area contributed by atoms with Crippen LogP contribution in [0.25, 0.3) is 11.3 Å². The van der Waals surface area contributed by atoms with E-state index in [1.807, 2.05) is 42.5 Å². The molecule has 0 bridgehead atoms. The van der Waals surface area contributed by atoms with Gasteiger partial charge in [-0.25, -0.2) is 4.98 Å². The molecule has 6 heteroatoms. The molecule has 0 aliphatic rings. The van der Waals surface area contributed by atoms with Crippen LogP contribution in [0.2, 0.25) is 5.02 Å². The van der Waals surface area contributed by atoms with E-state index in [1.54, 1.807) is 23.7 Å². The second-order valence-electron chi connectivity index (χ2n) is 5.17. The molecule has 0 saturated heterocycles. The van der Waals surface area contributed by atoms with Crippen LogP contribution in [0.5, 0.6) is 0 Å². The third-order valence-electron chi connectivity index (χ3n) is 3.34. The Balaban J connectivity index is 1.80. The zero-order chi connectivity index (χ0) is 16.8. The van der Waals surface area contributed by atoms with Crippen molar-refractivity contribution in [1.82, 2.24) is 9.97 Å². The first-order chi connectivity index (χ1) is 11.8. The molecular formula is C18H17ClN4S. The molecule has 0 aliphatic carbocycles. The quantitative estimate of drug-likeness (QED) is 0.484. The van der Waals surface area contributed by atoms with E-state index in [1.165, 1.54) is 4.88 Å². The van der Waals surface area contributed by atoms with Crippen molar-refractivity contribution in [2.24, 2.45) is 5.10 Å². The molecule has 0 amide bonds. The van der Waals surface area contributed by atoms with Crippen molar-refractivity contribution in [3.05, 3.63) is 64.3 Å². The van der Waals surface area contributed by atoms with E-state index in [0.29, 0.717) is 0 Å². The van der Waals surface area contributed by atoms with E-state index in [0.717, 1.165) is 39.9 Å². The van der Waals surface area contributed by atoms with Crippen LogP contribution in [0.1, 0.15) is 23.9 Å². The van der Waals surface area contributed by atoms with E-state index < -0.39 is 0 Å². The lowest BCUT2D eigenvalue weighted by atomic mass is 10.1. The van der Waals surface area contributed by atoms with Gasteiger partial charge in [0.2, 0.25) is 5.13 Å². The molecule has 0 saturated carbocycles. The largest absolute Gasteiger partial charge is 0.255 e. The maximum Gasteiger partial charge on any atom is 0.204 e. The summed E-state index contributed by atoms with van der Waals surface area (Å²) in [6.45, 7) is 2.16. The number of halogens is 1. The van der Waals surface area contributed by atoms with Gasteiger partial charge in [-0.1, -0.05) is 54.5 Å². The Morgan fingerprint density at radius 1 is 1.21 bits per heavy atom. The standard InChI is InChI=1S/C18H17ClN4S/c1-2-5-16-17(13-7-9-14(19)10-8-13)22-18(24-16)23-21-12-15-6-3-4-11-20-15/h3-4,6-12H,2,5H2,1H3,(H,22,23)/b21-12+. The monoisotopic (exact) mass is 356 g/mol. The minimum absolute atomic E-state index is 0.726. The summed E-state index contributed by atoms with van der Waals surface area (Å²) in [6, 6.07) is 13.5. The van der Waals surface area contributed by atoms with E-state index in [9.17, 15) is 0 Å². The Kier molecular flexibility index (Phi) is 5.56. The second kappa shape index (κ2) is 8.04. The van der Waals surface area contributed by atoms with Crippen LogP contribution in [0.3, 0.4) is 0 Å². The number of aryl methyl sites for hydroxylation is 1. The Bertz CT molecular complexity index is 813. The average molecular weight is 357 g/mol. The molecule has 2 aromatic heterocycles. The average Bonchev–Trinajstić information content (AvgIpc) is 3.00. The van der Waals surface area contributed by atoms with Crippen molar-refractivity contribution in [1.29, 1.82) is 0 Å². The first kappa shape index (κ1) is 16.6. The first-order valence-corrected chi connectivity index (χ1v) is 8.91. The fourth-order valence-electron chi connectivity index (χ4n) is 2.24. The summed E-state index contributed by atoms with van der Waals surface area (Å²) < 4.78 is 0. The summed E-state index contributed by atoms with van der Waals surface area (Å²) in [7, 11) is 0. The number of nitrogens with zero attached hydrogens (tertiary/aromatic N) is 3. The Labute approximate surface area is 150 Å². The number of aromatic nitrogens is 2. The summed E-state index contributed by atoms with van der Waals surface area (Å²) in [6.07, 6.45) is 5.48. The minimum Gasteiger partial charge on any atom is -0.255 e. The summed E-state index contributed by atoms with van der Waals surface area (Å²) in [5.41, 5.74) is 5.87. The van der Waals surface area contributed by atoms with Gasteiger partial charge < -0.3 is 0 Å². The van der Waals surface area contributed by atoms with E-state index >= 15 is 0 Å². The molecule has 0 spiro atoms. The zero-order valence-electron chi connectivity index (χ0n) is 13.2. The zero-order valence-corrected chi connectivity index (χ0v) is 14.8. The van der Waals surface area contributed by atoms with Crippen LogP contribution < -0.4 is 5.43 Å². The number of hydrogen-bond donors (Lipinski definition) is 1. The highest BCUT2D eigenvalue weighted by atomic mass is 35.5. The molecule has 2 heterocycles. The van der Waals surface area contributed by atoms with Gasteiger partial charge in [0.25, 0.3) is 0 Å². The number of nitrogens with one attached hydrogen (secondary N) is 1. The number of thiazole rings is 1. The molecule has 24 heavy (non-hydrogen) atoms. The lowest BCUT2D eigenvalue weighted by Crippen LogP contribution is -1.91. The van der Waals surface area contributed by atoms with Gasteiger partial charge >= 0.3 is 0 Å². The highest BCUT2D eigenvalue weighted by Gasteiger charge is 2.12. The van der Waals surface area contributed by atoms with Crippen molar-refractivity contribution < 1.29 is 0 Å². The summed E-state index contributed by atoms with van der Waals surface area (Å²) >= 11 is 7.61. The lowest BCUT2D eigenvalue weighted by molar-refractivity contribution is 0.938. The normalized spacial score (nSPS) is 11.1. The number of hydrazone groups is 1. The van der Waals surface area contributed by atoms with Gasteiger partial charge in [0, 0.05) is 21.7 Å². The smallest absolute Gasteiger partial charge is 0.204 e. The molecule has 1 N–H and O–H groups in total. The predicted octanol–water partition coefficient (Wildman–Crippen LogP) is 5.26. The summed E-state index contributed by atoms with van der Waals surface area (Å²) in [5.74, 6) is 0. The van der Waals surface area contributed by atoms with Gasteiger partial charge in [-0.15, -0.1) is 0 Å². The molecule has 0 aliphatic heterocycles. The topological polar surface area (TPSA) is 50.2 Å². The number of rotatable bonds is 6. The van der Waals surface area contributed by atoms with Crippen LogP contribution in [0, 0.1) is 0 Å². The van der Waals surface area contributed by atoms with Gasteiger partial charge in [0.15, 0.2) is 0 Å². The number of pyridine rings is 1. The van der Waals surface area contributed by atoms with Gasteiger partial charge in [-0.3, -0.25) is 10.4 Å². The summed E-state index contributed by atoms with van der Waals surface area (Å²) in [4.78, 5) is 10.1. The Hall–Kier alpha value is -2.24. The van der Waals surface area contributed by atoms with E-state index in [2.05, 4.69) is 22.4 Å². The van der Waals surface area contributed by atoms with Crippen LogP contribution in [0.4, 0.5) is 5.13 Å². The van der Waals surface area contributed by atoms with Crippen LogP contribution in [-0.4, -0.2) is 16.2 Å². The second-order valence-corrected chi connectivity index (χ2v) is 6.69. The van der Waals surface area contributed by atoms with Crippen molar-refractivity contribution in [3.63, 3.8) is 0 Å². The van der Waals surface area contributed by atoms with Gasteiger partial charge in [0.05, 0.1) is 17.6 Å². The molecule has 122 valence electrons. The molecule has 3 aromatic rings. The highest BCUT2D eigenvalue weighted by molar-refractivity contribution is 7.16. The molecular weight excluding hydrogens is 340 g/mol.